The minimum Gasteiger partial charge on any atom is -0.369 e. The molecule has 0 radical (unpaired) electrons. The molecule has 20 heavy (non-hydrogen) atoms. The summed E-state index contributed by atoms with van der Waals surface area (Å²) in [5, 5.41) is 9.86. The molecule has 1 aliphatic rings. The number of hydrogen-bond donors (Lipinski definition) is 2. The number of thioether (sulfide) groups is 1. The van der Waals surface area contributed by atoms with Crippen LogP contribution in [0.3, 0.4) is 0 Å². The van der Waals surface area contributed by atoms with E-state index in [0.29, 0.717) is 16.2 Å². The normalized spacial score (nSPS) is 17.7. The van der Waals surface area contributed by atoms with Crippen molar-refractivity contribution in [1.29, 1.82) is 0 Å². The van der Waals surface area contributed by atoms with Gasteiger partial charge in [0.2, 0.25) is 0 Å². The fourth-order valence-corrected chi connectivity index (χ4v) is 3.83. The van der Waals surface area contributed by atoms with Gasteiger partial charge >= 0.3 is 5.69 Å². The van der Waals surface area contributed by atoms with Gasteiger partial charge in [-0.15, -0.1) is 0 Å². The molecule has 0 atom stereocenters. The Labute approximate surface area is 121 Å². The first-order chi connectivity index (χ1) is 9.63. The van der Waals surface area contributed by atoms with Crippen molar-refractivity contribution in [3.05, 3.63) is 22.4 Å². The highest BCUT2D eigenvalue weighted by atomic mass is 32.2. The van der Waals surface area contributed by atoms with Crippen molar-refractivity contribution in [2.24, 2.45) is 0 Å². The predicted octanol–water partition coefficient (Wildman–Crippen LogP) is 1.81. The maximum atomic E-state index is 11.6. The van der Waals surface area contributed by atoms with E-state index in [9.17, 15) is 4.79 Å². The molecule has 0 bridgehead atoms. The number of nitrogens with zero attached hydrogens (tertiary/aromatic N) is 3. The van der Waals surface area contributed by atoms with Crippen molar-refractivity contribution >= 4 is 23.2 Å². The molecule has 0 saturated heterocycles. The number of hydrogen-bond acceptors (Lipinski definition) is 5. The van der Waals surface area contributed by atoms with E-state index in [1.807, 2.05) is 24.8 Å². The highest BCUT2D eigenvalue weighted by Crippen LogP contribution is 2.40. The van der Waals surface area contributed by atoms with Gasteiger partial charge in [0.05, 0.1) is 0 Å². The van der Waals surface area contributed by atoms with Crippen molar-refractivity contribution < 1.29 is 0 Å². The number of aromatic nitrogens is 4. The first kappa shape index (κ1) is 13.5. The molecule has 2 N–H and O–H groups in total. The SMILES string of the molecule is CSC1(CNc2cc3n[nH]c(=O)n3c(C)n2)CCCC1. The Kier molecular flexibility index (Phi) is 3.45. The number of H-pyrrole nitrogens is 1. The summed E-state index contributed by atoms with van der Waals surface area (Å²) in [6.45, 7) is 2.72. The largest absolute Gasteiger partial charge is 0.369 e. The number of anilines is 1. The molecular weight excluding hydrogens is 274 g/mol. The van der Waals surface area contributed by atoms with E-state index < -0.39 is 0 Å². The van der Waals surface area contributed by atoms with E-state index >= 15 is 0 Å². The van der Waals surface area contributed by atoms with E-state index in [2.05, 4.69) is 26.8 Å². The van der Waals surface area contributed by atoms with E-state index in [4.69, 9.17) is 0 Å². The van der Waals surface area contributed by atoms with Crippen molar-refractivity contribution in [3.8, 4) is 0 Å². The van der Waals surface area contributed by atoms with Crippen LogP contribution in [0.5, 0.6) is 0 Å². The molecule has 0 aromatic carbocycles. The van der Waals surface area contributed by atoms with Gasteiger partial charge in [0.1, 0.15) is 11.6 Å². The van der Waals surface area contributed by atoms with Gasteiger partial charge in [-0.2, -0.15) is 16.9 Å². The monoisotopic (exact) mass is 293 g/mol. The third-order valence-electron chi connectivity index (χ3n) is 4.11. The van der Waals surface area contributed by atoms with Crippen LogP contribution in [0.4, 0.5) is 5.82 Å². The van der Waals surface area contributed by atoms with Crippen LogP contribution in [-0.4, -0.2) is 37.1 Å². The minimum atomic E-state index is -0.243. The molecule has 0 unspecified atom stereocenters. The lowest BCUT2D eigenvalue weighted by Crippen LogP contribution is -2.30. The second-order valence-corrected chi connectivity index (χ2v) is 6.63. The van der Waals surface area contributed by atoms with Gasteiger partial charge in [-0.25, -0.2) is 19.3 Å². The molecule has 2 aromatic heterocycles. The molecule has 2 aromatic rings. The molecule has 1 aliphatic carbocycles. The molecule has 1 saturated carbocycles. The lowest BCUT2D eigenvalue weighted by atomic mass is 10.1. The van der Waals surface area contributed by atoms with Gasteiger partial charge in [0.25, 0.3) is 0 Å². The van der Waals surface area contributed by atoms with Crippen molar-refractivity contribution in [3.63, 3.8) is 0 Å². The Bertz CT molecular complexity index is 671. The van der Waals surface area contributed by atoms with Gasteiger partial charge in [-0.05, 0) is 26.0 Å². The van der Waals surface area contributed by atoms with Crippen molar-refractivity contribution in [2.75, 3.05) is 18.1 Å². The molecule has 6 nitrogen and oxygen atoms in total. The van der Waals surface area contributed by atoms with Crippen molar-refractivity contribution in [1.82, 2.24) is 19.6 Å². The molecule has 1 fully saturated rings. The second kappa shape index (κ2) is 5.12. The Morgan fingerprint density at radius 3 is 2.95 bits per heavy atom. The van der Waals surface area contributed by atoms with Gasteiger partial charge in [0, 0.05) is 17.4 Å². The quantitative estimate of drug-likeness (QED) is 0.899. The lowest BCUT2D eigenvalue weighted by molar-refractivity contribution is 0.638. The molecule has 0 amide bonds. The van der Waals surface area contributed by atoms with E-state index in [0.717, 1.165) is 12.4 Å². The first-order valence-corrected chi connectivity index (χ1v) is 8.10. The first-order valence-electron chi connectivity index (χ1n) is 6.87. The number of aromatic amines is 1. The van der Waals surface area contributed by atoms with Gasteiger partial charge in [0.15, 0.2) is 5.65 Å². The van der Waals surface area contributed by atoms with Gasteiger partial charge in [-0.3, -0.25) is 0 Å². The standard InChI is InChI=1S/C13H19N5OS/c1-9-15-10(7-11-16-17-12(19)18(9)11)14-8-13(20-2)5-3-4-6-13/h7,14H,3-6,8H2,1-2H3,(H,17,19). The maximum absolute atomic E-state index is 11.6. The third-order valence-corrected chi connectivity index (χ3v) is 5.53. The maximum Gasteiger partial charge on any atom is 0.349 e. The molecule has 3 rings (SSSR count). The lowest BCUT2D eigenvalue weighted by Gasteiger charge is -2.27. The van der Waals surface area contributed by atoms with E-state index in [-0.39, 0.29) is 5.69 Å². The van der Waals surface area contributed by atoms with E-state index in [1.54, 1.807) is 0 Å². The molecule has 0 aliphatic heterocycles. The van der Waals surface area contributed by atoms with Crippen LogP contribution < -0.4 is 11.0 Å². The van der Waals surface area contributed by atoms with Crippen LogP contribution in [0, 0.1) is 6.92 Å². The van der Waals surface area contributed by atoms with Crippen LogP contribution in [0.1, 0.15) is 31.5 Å². The topological polar surface area (TPSA) is 75.1 Å². The predicted molar refractivity (Wildman–Crippen MR) is 81.5 cm³/mol. The van der Waals surface area contributed by atoms with Gasteiger partial charge < -0.3 is 5.32 Å². The molecular formula is C13H19N5OS. The zero-order valence-corrected chi connectivity index (χ0v) is 12.6. The Morgan fingerprint density at radius 1 is 1.50 bits per heavy atom. The zero-order chi connectivity index (χ0) is 14.2. The molecule has 108 valence electrons. The summed E-state index contributed by atoms with van der Waals surface area (Å²) in [5.41, 5.74) is 0.363. The van der Waals surface area contributed by atoms with Crippen LogP contribution in [0.2, 0.25) is 0 Å². The molecule has 0 spiro atoms. The highest BCUT2D eigenvalue weighted by molar-refractivity contribution is 8.00. The average molecular weight is 293 g/mol. The Balaban J connectivity index is 1.82. The van der Waals surface area contributed by atoms with Crippen LogP contribution >= 0.6 is 11.8 Å². The summed E-state index contributed by atoms with van der Waals surface area (Å²) in [6.07, 6.45) is 7.31. The van der Waals surface area contributed by atoms with Gasteiger partial charge in [-0.1, -0.05) is 12.8 Å². The molecule has 7 heteroatoms. The fourth-order valence-electron chi connectivity index (χ4n) is 2.91. The van der Waals surface area contributed by atoms with E-state index in [1.165, 1.54) is 30.1 Å². The fraction of sp³-hybridized carbons (Fsp3) is 0.615. The Hall–Kier alpha value is -1.50. The summed E-state index contributed by atoms with van der Waals surface area (Å²) >= 11 is 1.94. The summed E-state index contributed by atoms with van der Waals surface area (Å²) in [4.78, 5) is 16.0. The smallest absolute Gasteiger partial charge is 0.349 e. The third kappa shape index (κ3) is 2.30. The highest BCUT2D eigenvalue weighted by Gasteiger charge is 2.32. The van der Waals surface area contributed by atoms with Crippen LogP contribution in [-0.2, 0) is 0 Å². The average Bonchev–Trinajstić information content (AvgIpc) is 3.05. The van der Waals surface area contributed by atoms with Crippen LogP contribution in [0.15, 0.2) is 10.9 Å². The second-order valence-electron chi connectivity index (χ2n) is 5.36. The summed E-state index contributed by atoms with van der Waals surface area (Å²) in [7, 11) is 0. The summed E-state index contributed by atoms with van der Waals surface area (Å²) < 4.78 is 1.80. The number of rotatable bonds is 4. The number of aryl methyl sites for hydroxylation is 1. The number of nitrogens with one attached hydrogen (secondary N) is 2. The molecule has 2 heterocycles. The minimum absolute atomic E-state index is 0.243. The summed E-state index contributed by atoms with van der Waals surface area (Å²) in [6, 6.07) is 1.81. The van der Waals surface area contributed by atoms with Crippen molar-refractivity contribution in [2.45, 2.75) is 37.4 Å². The Morgan fingerprint density at radius 2 is 2.25 bits per heavy atom. The van der Waals surface area contributed by atoms with Crippen LogP contribution in [0.25, 0.3) is 5.65 Å². The summed E-state index contributed by atoms with van der Waals surface area (Å²) in [5.74, 6) is 1.43. The number of fused-ring (bicyclic) bond motifs is 1. The zero-order valence-electron chi connectivity index (χ0n) is 11.8.